The Balaban J connectivity index is 0.000000565. The third-order valence-electron chi connectivity index (χ3n) is 6.93. The Bertz CT molecular complexity index is 1500. The van der Waals surface area contributed by atoms with E-state index in [0.29, 0.717) is 11.8 Å². The van der Waals surface area contributed by atoms with Crippen LogP contribution in [0.2, 0.25) is 0 Å². The second-order valence-electron chi connectivity index (χ2n) is 11.0. The van der Waals surface area contributed by atoms with Crippen LogP contribution in [0.25, 0.3) is 17.5 Å². The molecule has 0 aliphatic rings. The van der Waals surface area contributed by atoms with Crippen molar-refractivity contribution >= 4 is 43.6 Å². The quantitative estimate of drug-likeness (QED) is 0.109. The SMILES string of the molecule is C=Cc1ncc(C(Cc2ccccc2)[N-]c2c(C(C)C)cccc2C(C)C)nc1C=C.[CH2-][Pb].[CH2-]c1ccccc1.[Zr+4].[c-]1ccccc1. The average Bonchev–Trinajstić information content (AvgIpc) is 3.10. The molecule has 0 amide bonds. The van der Waals surface area contributed by atoms with Gasteiger partial charge in [0.05, 0.1) is 11.4 Å². The zero-order valence-electron chi connectivity index (χ0n) is 28.2. The minimum Gasteiger partial charge on any atom is -0.199 e. The van der Waals surface area contributed by atoms with Gasteiger partial charge < -0.3 is 5.32 Å². The molecule has 0 N–H and O–H groups in total. The molecule has 3 radical (unpaired) electrons. The van der Waals surface area contributed by atoms with Crippen LogP contribution in [-0.4, -0.2) is 35.7 Å². The van der Waals surface area contributed by atoms with Crippen molar-refractivity contribution in [2.45, 2.75) is 52.0 Å². The van der Waals surface area contributed by atoms with E-state index >= 15 is 0 Å². The maximum atomic E-state index is 5.33. The van der Waals surface area contributed by atoms with E-state index in [2.05, 4.69) is 106 Å². The predicted molar refractivity (Wildman–Crippen MR) is 200 cm³/mol. The summed E-state index contributed by atoms with van der Waals surface area (Å²) in [5.74, 6) is 0.764. The van der Waals surface area contributed by atoms with Gasteiger partial charge in [-0.15, -0.1) is 17.8 Å². The molecule has 1 atom stereocenters. The van der Waals surface area contributed by atoms with Gasteiger partial charge >= 0.3 is 56.5 Å². The molecule has 1 aromatic heterocycles. The van der Waals surface area contributed by atoms with Gasteiger partial charge in [0, 0.05) is 11.9 Å². The molecule has 0 aliphatic carbocycles. The molecule has 0 saturated carbocycles. The van der Waals surface area contributed by atoms with E-state index in [4.69, 9.17) is 10.3 Å². The van der Waals surface area contributed by atoms with Gasteiger partial charge in [-0.2, -0.15) is 61.0 Å². The molecule has 1 unspecified atom stereocenters. The van der Waals surface area contributed by atoms with Crippen molar-refractivity contribution in [3.63, 3.8) is 0 Å². The Morgan fingerprint density at radius 2 is 1.26 bits per heavy atom. The first-order chi connectivity index (χ1) is 22.3. The number of para-hydroxylation sites is 1. The average molecular weight is 891 g/mol. The van der Waals surface area contributed by atoms with Crippen molar-refractivity contribution in [3.8, 4) is 0 Å². The van der Waals surface area contributed by atoms with E-state index < -0.39 is 0 Å². The number of nitrogens with zero attached hydrogens (tertiary/aromatic N) is 3. The Kier molecular flexibility index (Phi) is 21.5. The first kappa shape index (κ1) is 41.9. The summed E-state index contributed by atoms with van der Waals surface area (Å²) < 4.78 is 3.39. The summed E-state index contributed by atoms with van der Waals surface area (Å²) in [5.41, 5.74) is 8.24. The van der Waals surface area contributed by atoms with Gasteiger partial charge in [0.2, 0.25) is 0 Å². The predicted octanol–water partition coefficient (Wildman–Crippen LogP) is 11.3. The van der Waals surface area contributed by atoms with Crippen molar-refractivity contribution in [3.05, 3.63) is 191 Å². The maximum Gasteiger partial charge on any atom is 4.00 e. The Morgan fingerprint density at radius 1 is 0.745 bits per heavy atom. The van der Waals surface area contributed by atoms with Crippen LogP contribution in [0, 0.1) is 17.5 Å². The molecule has 0 fully saturated rings. The van der Waals surface area contributed by atoms with Crippen LogP contribution in [0.3, 0.4) is 0 Å². The monoisotopic (exact) mass is 890 g/mol. The fourth-order valence-corrected chi connectivity index (χ4v) is 4.59. The molecule has 0 saturated heterocycles. The molecular formula is C42H46N3PbZr. The second kappa shape index (κ2) is 24.1. The standard InChI is InChI=1S/C28H32N3.C7H7.C6H5.CH2.Pb.Zr/c1-7-24-25(8-2)30-27(18-29-24)26(17-21-13-10-9-11-14-21)31-28-22(19(3)4)15-12-16-23(28)20(5)6;1-7-5-3-2-4-6-7;1-2-4-6-5-3-1;;;/h7-16,18-20,26H,1-2,17H2,3-6H3;2-6H,1H2;1-5H;1H2;;/q4*-1;;+4. The van der Waals surface area contributed by atoms with E-state index in [1.165, 1.54) is 16.7 Å². The van der Waals surface area contributed by atoms with Gasteiger partial charge in [0.15, 0.2) is 0 Å². The molecule has 5 rings (SSSR count). The van der Waals surface area contributed by atoms with Gasteiger partial charge in [-0.05, 0) is 36.0 Å². The fraction of sp³-hybridized carbons (Fsp3) is 0.190. The molecule has 5 aromatic rings. The van der Waals surface area contributed by atoms with E-state index in [0.717, 1.165) is 60.5 Å². The third kappa shape index (κ3) is 14.7. The molecule has 3 nitrogen and oxygen atoms in total. The molecule has 0 spiro atoms. The van der Waals surface area contributed by atoms with E-state index in [1.54, 1.807) is 12.2 Å². The number of aromatic nitrogens is 2. The van der Waals surface area contributed by atoms with Gasteiger partial charge in [-0.25, -0.2) is 0 Å². The number of hydrogen-bond donors (Lipinski definition) is 0. The van der Waals surface area contributed by atoms with Crippen LogP contribution in [0.15, 0.2) is 129 Å². The van der Waals surface area contributed by atoms with Crippen molar-refractivity contribution in [1.29, 1.82) is 0 Å². The minimum atomic E-state index is -0.148. The summed E-state index contributed by atoms with van der Waals surface area (Å²) in [6, 6.07) is 39.2. The summed E-state index contributed by atoms with van der Waals surface area (Å²) >= 11 is 1.06. The Hall–Kier alpha value is -3.08. The molecule has 0 aliphatic heterocycles. The van der Waals surface area contributed by atoms with E-state index in [9.17, 15) is 0 Å². The molecule has 0 bridgehead atoms. The Morgan fingerprint density at radius 3 is 1.66 bits per heavy atom. The first-order valence-electron chi connectivity index (χ1n) is 15.5. The van der Waals surface area contributed by atoms with Crippen LogP contribution in [-0.2, 0) is 32.6 Å². The van der Waals surface area contributed by atoms with E-state index in [1.807, 2.05) is 72.9 Å². The van der Waals surface area contributed by atoms with Gasteiger partial charge in [0.1, 0.15) is 0 Å². The maximum absolute atomic E-state index is 5.33. The zero-order valence-corrected chi connectivity index (χ0v) is 34.6. The van der Waals surface area contributed by atoms with Crippen LogP contribution < -0.4 is 0 Å². The molecule has 5 heteroatoms. The van der Waals surface area contributed by atoms with Crippen molar-refractivity contribution < 1.29 is 26.2 Å². The normalized spacial score (nSPS) is 10.4. The summed E-state index contributed by atoms with van der Waals surface area (Å²) in [7, 11) is 0. The van der Waals surface area contributed by atoms with Gasteiger partial charge in [-0.3, -0.25) is 9.97 Å². The fourth-order valence-electron chi connectivity index (χ4n) is 4.59. The molecule has 1 heterocycles. The van der Waals surface area contributed by atoms with Gasteiger partial charge in [-0.1, -0.05) is 113 Å². The van der Waals surface area contributed by atoms with Crippen LogP contribution in [0.4, 0.5) is 5.69 Å². The van der Waals surface area contributed by atoms with Crippen molar-refractivity contribution in [2.24, 2.45) is 0 Å². The molecule has 4 aromatic carbocycles. The van der Waals surface area contributed by atoms with Crippen molar-refractivity contribution in [1.82, 2.24) is 9.97 Å². The van der Waals surface area contributed by atoms with Crippen LogP contribution >= 0.6 is 0 Å². The minimum absolute atomic E-state index is 0. The van der Waals surface area contributed by atoms with Crippen LogP contribution in [0.5, 0.6) is 0 Å². The number of rotatable bonds is 9. The largest absolute Gasteiger partial charge is 4.00 e. The summed E-state index contributed by atoms with van der Waals surface area (Å²) in [6.45, 7) is 20.3. The molecule has 47 heavy (non-hydrogen) atoms. The smallest absolute Gasteiger partial charge is 0.199 e. The number of benzene rings is 4. The zero-order chi connectivity index (χ0) is 33.7. The Labute approximate surface area is 319 Å². The van der Waals surface area contributed by atoms with Crippen molar-refractivity contribution in [2.75, 3.05) is 0 Å². The summed E-state index contributed by atoms with van der Waals surface area (Å²) in [6.07, 6.45) is 6.02. The van der Waals surface area contributed by atoms with E-state index in [-0.39, 0.29) is 32.2 Å². The molecular weight excluding hydrogens is 845 g/mol. The van der Waals surface area contributed by atoms with Crippen LogP contribution in [0.1, 0.15) is 84.9 Å². The summed E-state index contributed by atoms with van der Waals surface area (Å²) in [5, 5.41) is 5.33. The second-order valence-corrected chi connectivity index (χ2v) is 11.0. The molecule has 237 valence electrons. The topological polar surface area (TPSA) is 39.9 Å². The summed E-state index contributed by atoms with van der Waals surface area (Å²) in [4.78, 5) is 9.43. The van der Waals surface area contributed by atoms with Gasteiger partial charge in [0.25, 0.3) is 0 Å². The third-order valence-corrected chi connectivity index (χ3v) is 6.93. The number of hydrogen-bond acceptors (Lipinski definition) is 2. The first-order valence-corrected chi connectivity index (χ1v) is 18.2.